The maximum Gasteiger partial charge on any atom is 0.434 e. The van der Waals surface area contributed by atoms with E-state index in [1.807, 2.05) is 68.6 Å². The van der Waals surface area contributed by atoms with Crippen LogP contribution < -0.4 is 0 Å². The molecule has 2 aromatic rings. The van der Waals surface area contributed by atoms with Crippen molar-refractivity contribution < 1.29 is 14.4 Å². The number of carbonyl (C=O) groups is 1. The second-order valence-electron chi connectivity index (χ2n) is 6.36. The Morgan fingerprint density at radius 3 is 2.46 bits per heavy atom. The Hall–Kier alpha value is -2.11. The van der Waals surface area contributed by atoms with Gasteiger partial charge in [-0.1, -0.05) is 43.0 Å². The lowest BCUT2D eigenvalue weighted by Crippen LogP contribution is -2.37. The van der Waals surface area contributed by atoms with E-state index in [0.717, 1.165) is 16.0 Å². The normalized spacial score (nSPS) is 11.1. The van der Waals surface area contributed by atoms with Crippen molar-refractivity contribution >= 4 is 23.0 Å². The van der Waals surface area contributed by atoms with Crippen LogP contribution in [0.3, 0.4) is 0 Å². The fourth-order valence-corrected chi connectivity index (χ4v) is 2.63. The van der Waals surface area contributed by atoms with Gasteiger partial charge in [0.2, 0.25) is 0 Å². The van der Waals surface area contributed by atoms with E-state index in [1.54, 1.807) is 11.3 Å². The van der Waals surface area contributed by atoms with Gasteiger partial charge in [0.1, 0.15) is 12.2 Å². The van der Waals surface area contributed by atoms with Crippen LogP contribution in [0.2, 0.25) is 0 Å². The Bertz CT molecular complexity index is 660. The molecule has 0 aliphatic carbocycles. The molecule has 4 nitrogen and oxygen atoms in total. The molecule has 1 aromatic carbocycles. The Balaban J connectivity index is 2.05. The van der Waals surface area contributed by atoms with Crippen LogP contribution in [0.15, 0.2) is 54.4 Å². The molecule has 0 saturated heterocycles. The van der Waals surface area contributed by atoms with Crippen molar-refractivity contribution in [3.8, 4) is 0 Å². The second kappa shape index (κ2) is 8.13. The number of rotatable bonds is 6. The van der Waals surface area contributed by atoms with Gasteiger partial charge < -0.3 is 4.74 Å². The van der Waals surface area contributed by atoms with E-state index in [2.05, 4.69) is 6.58 Å². The van der Waals surface area contributed by atoms with Gasteiger partial charge in [0, 0.05) is 4.88 Å². The standard InChI is InChI=1S/C19H23NO3S/c1-15(17-11-8-12-24-17)13-20(18(21)23-19(2,3)4)22-14-16-9-6-5-7-10-16/h5-12H,1,13-14H2,2-4H3. The van der Waals surface area contributed by atoms with E-state index in [0.29, 0.717) is 0 Å². The molecule has 2 rings (SSSR count). The molecule has 0 atom stereocenters. The smallest absolute Gasteiger partial charge is 0.434 e. The van der Waals surface area contributed by atoms with Gasteiger partial charge in [0.25, 0.3) is 0 Å². The summed E-state index contributed by atoms with van der Waals surface area (Å²) in [6.45, 7) is 10.1. The first kappa shape index (κ1) is 18.2. The van der Waals surface area contributed by atoms with E-state index in [-0.39, 0.29) is 13.2 Å². The molecule has 1 aromatic heterocycles. The maximum absolute atomic E-state index is 12.4. The number of hydrogen-bond donors (Lipinski definition) is 0. The third-order valence-electron chi connectivity index (χ3n) is 3.03. The van der Waals surface area contributed by atoms with E-state index in [1.165, 1.54) is 5.06 Å². The lowest BCUT2D eigenvalue weighted by Gasteiger charge is -2.27. The van der Waals surface area contributed by atoms with Crippen molar-refractivity contribution in [1.82, 2.24) is 5.06 Å². The van der Waals surface area contributed by atoms with Crippen LogP contribution in [0.4, 0.5) is 4.79 Å². The highest BCUT2D eigenvalue weighted by molar-refractivity contribution is 7.11. The number of hydrogen-bond acceptors (Lipinski definition) is 4. The fraction of sp³-hybridized carbons (Fsp3) is 0.316. The van der Waals surface area contributed by atoms with Crippen molar-refractivity contribution in [2.24, 2.45) is 0 Å². The number of nitrogens with zero attached hydrogens (tertiary/aromatic N) is 1. The zero-order chi connectivity index (χ0) is 17.6. The molecule has 0 radical (unpaired) electrons. The Morgan fingerprint density at radius 1 is 1.17 bits per heavy atom. The Morgan fingerprint density at radius 2 is 1.88 bits per heavy atom. The van der Waals surface area contributed by atoms with Crippen molar-refractivity contribution in [3.05, 3.63) is 64.9 Å². The molecule has 0 saturated carbocycles. The number of thiophene rings is 1. The van der Waals surface area contributed by atoms with Gasteiger partial charge in [-0.3, -0.25) is 4.84 Å². The predicted molar refractivity (Wildman–Crippen MR) is 97.5 cm³/mol. The van der Waals surface area contributed by atoms with E-state index >= 15 is 0 Å². The molecule has 1 amide bonds. The molecule has 0 fully saturated rings. The first-order chi connectivity index (χ1) is 11.3. The molecular weight excluding hydrogens is 322 g/mol. The van der Waals surface area contributed by atoms with Crippen LogP contribution in [0.1, 0.15) is 31.2 Å². The van der Waals surface area contributed by atoms with Crippen LogP contribution in [0.25, 0.3) is 5.57 Å². The molecule has 0 aliphatic rings. The average Bonchev–Trinajstić information content (AvgIpc) is 3.05. The monoisotopic (exact) mass is 345 g/mol. The third kappa shape index (κ3) is 5.83. The second-order valence-corrected chi connectivity index (χ2v) is 7.30. The number of amides is 1. The third-order valence-corrected chi connectivity index (χ3v) is 4.00. The summed E-state index contributed by atoms with van der Waals surface area (Å²) in [6, 6.07) is 13.6. The molecule has 0 N–H and O–H groups in total. The van der Waals surface area contributed by atoms with Crippen molar-refractivity contribution in [1.29, 1.82) is 0 Å². The molecule has 5 heteroatoms. The summed E-state index contributed by atoms with van der Waals surface area (Å²) < 4.78 is 5.43. The summed E-state index contributed by atoms with van der Waals surface area (Å²) in [5.41, 5.74) is 1.20. The van der Waals surface area contributed by atoms with Crippen LogP contribution in [-0.2, 0) is 16.2 Å². The maximum atomic E-state index is 12.4. The van der Waals surface area contributed by atoms with Crippen molar-refractivity contribution in [3.63, 3.8) is 0 Å². The van der Waals surface area contributed by atoms with Gasteiger partial charge in [0.05, 0.1) is 6.54 Å². The lowest BCUT2D eigenvalue weighted by molar-refractivity contribution is -0.148. The number of benzene rings is 1. The minimum absolute atomic E-state index is 0.252. The molecule has 0 aliphatic heterocycles. The fourth-order valence-electron chi connectivity index (χ4n) is 1.93. The highest BCUT2D eigenvalue weighted by atomic mass is 32.1. The van der Waals surface area contributed by atoms with Gasteiger partial charge >= 0.3 is 6.09 Å². The van der Waals surface area contributed by atoms with E-state index < -0.39 is 11.7 Å². The van der Waals surface area contributed by atoms with Crippen LogP contribution in [0.5, 0.6) is 0 Å². The average molecular weight is 345 g/mol. The topological polar surface area (TPSA) is 38.8 Å². The minimum atomic E-state index is -0.588. The van der Waals surface area contributed by atoms with Gasteiger partial charge in [0.15, 0.2) is 0 Å². The summed E-state index contributed by atoms with van der Waals surface area (Å²) in [5, 5.41) is 3.21. The summed E-state index contributed by atoms with van der Waals surface area (Å²) >= 11 is 1.58. The van der Waals surface area contributed by atoms with Crippen LogP contribution in [-0.4, -0.2) is 23.3 Å². The summed E-state index contributed by atoms with van der Waals surface area (Å²) in [5.74, 6) is 0. The number of hydroxylamine groups is 2. The van der Waals surface area contributed by atoms with E-state index in [9.17, 15) is 4.79 Å². The summed E-state index contributed by atoms with van der Waals surface area (Å²) in [7, 11) is 0. The summed E-state index contributed by atoms with van der Waals surface area (Å²) in [4.78, 5) is 19.2. The van der Waals surface area contributed by atoms with Gasteiger partial charge in [-0.05, 0) is 43.4 Å². The van der Waals surface area contributed by atoms with Crippen molar-refractivity contribution in [2.45, 2.75) is 33.0 Å². The van der Waals surface area contributed by atoms with Crippen molar-refractivity contribution in [2.75, 3.05) is 6.54 Å². The van der Waals surface area contributed by atoms with E-state index in [4.69, 9.17) is 9.57 Å². The van der Waals surface area contributed by atoms with Gasteiger partial charge in [-0.25, -0.2) is 4.79 Å². The molecular formula is C19H23NO3S. The van der Waals surface area contributed by atoms with Crippen LogP contribution in [0, 0.1) is 0 Å². The zero-order valence-corrected chi connectivity index (χ0v) is 15.1. The predicted octanol–water partition coefficient (Wildman–Crippen LogP) is 5.13. The molecule has 0 spiro atoms. The molecule has 0 bridgehead atoms. The number of ether oxygens (including phenoxy) is 1. The quantitative estimate of drug-likeness (QED) is 0.681. The lowest BCUT2D eigenvalue weighted by atomic mass is 10.2. The Kier molecular flexibility index (Phi) is 6.17. The molecule has 0 unspecified atom stereocenters. The largest absolute Gasteiger partial charge is 0.442 e. The highest BCUT2D eigenvalue weighted by Gasteiger charge is 2.24. The van der Waals surface area contributed by atoms with Crippen LogP contribution >= 0.6 is 11.3 Å². The van der Waals surface area contributed by atoms with Gasteiger partial charge in [-0.2, -0.15) is 5.06 Å². The first-order valence-electron chi connectivity index (χ1n) is 7.74. The molecule has 128 valence electrons. The Labute approximate surface area is 147 Å². The zero-order valence-electron chi connectivity index (χ0n) is 14.3. The SMILES string of the molecule is C=C(CN(OCc1ccccc1)C(=O)OC(C)(C)C)c1cccs1. The summed E-state index contributed by atoms with van der Waals surface area (Å²) in [6.07, 6.45) is -0.517. The highest BCUT2D eigenvalue weighted by Crippen LogP contribution is 2.21. The molecule has 24 heavy (non-hydrogen) atoms. The first-order valence-corrected chi connectivity index (χ1v) is 8.62. The number of carbonyl (C=O) groups excluding carboxylic acids is 1. The molecule has 1 heterocycles. The van der Waals surface area contributed by atoms with Gasteiger partial charge in [-0.15, -0.1) is 11.3 Å². The minimum Gasteiger partial charge on any atom is -0.442 e.